The summed E-state index contributed by atoms with van der Waals surface area (Å²) in [6.07, 6.45) is -4.45. The molecule has 3 rings (SSSR count). The fraction of sp³-hybridized carbons (Fsp3) is 0.500. The number of carbonyl (C=O) groups is 1. The van der Waals surface area contributed by atoms with Crippen molar-refractivity contribution < 1.29 is 37.4 Å². The lowest BCUT2D eigenvalue weighted by molar-refractivity contribution is -0.149. The van der Waals surface area contributed by atoms with Crippen LogP contribution in [0.15, 0.2) is 52.2 Å². The quantitative estimate of drug-likeness (QED) is 0.305. The number of halogens is 1. The topological polar surface area (TPSA) is 158 Å². The first-order valence-electron chi connectivity index (χ1n) is 11.1. The summed E-state index contributed by atoms with van der Waals surface area (Å²) < 4.78 is 51.0. The molecular formula is C22H29FN3O9P. The minimum Gasteiger partial charge on any atom is -0.462 e. The number of benzene rings is 1. The van der Waals surface area contributed by atoms with Crippen LogP contribution in [0.5, 0.6) is 5.75 Å². The smallest absolute Gasteiger partial charge is 0.459 e. The predicted molar refractivity (Wildman–Crippen MR) is 125 cm³/mol. The summed E-state index contributed by atoms with van der Waals surface area (Å²) in [6.45, 7) is 4.96. The molecule has 0 spiro atoms. The van der Waals surface area contributed by atoms with Gasteiger partial charge in [-0.15, -0.1) is 0 Å². The van der Waals surface area contributed by atoms with Gasteiger partial charge in [0.1, 0.15) is 24.0 Å². The van der Waals surface area contributed by atoms with Gasteiger partial charge in [-0.25, -0.2) is 18.3 Å². The number of nitrogens with one attached hydrogen (secondary N) is 2. The van der Waals surface area contributed by atoms with Crippen LogP contribution in [0.2, 0.25) is 0 Å². The second-order valence-electron chi connectivity index (χ2n) is 8.65. The number of aromatic nitrogens is 2. The van der Waals surface area contributed by atoms with Crippen molar-refractivity contribution >= 4 is 13.7 Å². The maximum atomic E-state index is 15.4. The summed E-state index contributed by atoms with van der Waals surface area (Å²) >= 11 is 0. The van der Waals surface area contributed by atoms with E-state index in [1.165, 1.54) is 19.1 Å². The van der Waals surface area contributed by atoms with Gasteiger partial charge in [-0.1, -0.05) is 18.2 Å². The molecule has 12 nitrogen and oxygen atoms in total. The SMILES string of the molecule is CC(C)OC(=O)[C@@H](C)NP(=O)(OC[C@H]1O[C@@H](n2c(=O)cc[nH]c2=O)[C@](C)(F)[C@@H]1O)Oc1ccccc1. The third kappa shape index (κ3) is 6.29. The number of ether oxygens (including phenoxy) is 2. The molecule has 36 heavy (non-hydrogen) atoms. The lowest BCUT2D eigenvalue weighted by atomic mass is 9.98. The largest absolute Gasteiger partial charge is 0.462 e. The first-order valence-corrected chi connectivity index (χ1v) is 12.7. The Morgan fingerprint density at radius 1 is 1.28 bits per heavy atom. The van der Waals surface area contributed by atoms with Gasteiger partial charge in [0, 0.05) is 12.3 Å². The van der Waals surface area contributed by atoms with Crippen LogP contribution >= 0.6 is 7.75 Å². The van der Waals surface area contributed by atoms with E-state index in [9.17, 15) is 24.1 Å². The number of hydrogen-bond donors (Lipinski definition) is 3. The number of esters is 1. The highest BCUT2D eigenvalue weighted by Crippen LogP contribution is 2.47. The average Bonchev–Trinajstić information content (AvgIpc) is 3.01. The normalized spacial score (nSPS) is 26.4. The van der Waals surface area contributed by atoms with Gasteiger partial charge in [0.05, 0.1) is 12.7 Å². The standard InChI is InChI=1S/C22H29FN3O9P/c1-13(2)33-19(29)14(3)25-36(31,35-15-8-6-5-7-9-15)32-12-16-18(28)22(4,23)20(34-16)26-17(27)10-11-24-21(26)30/h5-11,13-14,16,18,20,28H,12H2,1-4H3,(H,24,30)(H,25,31)/t14-,16-,18-,20-,22-,36?/m1/s1. The second-order valence-corrected chi connectivity index (χ2v) is 10.3. The van der Waals surface area contributed by atoms with E-state index < -0.39 is 67.8 Å². The summed E-state index contributed by atoms with van der Waals surface area (Å²) in [5.41, 5.74) is -4.38. The number of H-pyrrole nitrogens is 1. The van der Waals surface area contributed by atoms with E-state index in [0.29, 0.717) is 4.57 Å². The van der Waals surface area contributed by atoms with Gasteiger partial charge in [0.25, 0.3) is 5.56 Å². The summed E-state index contributed by atoms with van der Waals surface area (Å²) in [7, 11) is -4.33. The minimum atomic E-state index is -4.33. The molecule has 0 radical (unpaired) electrons. The van der Waals surface area contributed by atoms with Crippen LogP contribution in [0.4, 0.5) is 4.39 Å². The van der Waals surface area contributed by atoms with Crippen molar-refractivity contribution in [3.8, 4) is 5.75 Å². The Labute approximate surface area is 205 Å². The van der Waals surface area contributed by atoms with Gasteiger partial charge in [-0.05, 0) is 39.8 Å². The average molecular weight is 529 g/mol. The lowest BCUT2D eigenvalue weighted by Gasteiger charge is -2.25. The van der Waals surface area contributed by atoms with Crippen molar-refractivity contribution in [3.63, 3.8) is 0 Å². The molecule has 1 saturated heterocycles. The zero-order chi connectivity index (χ0) is 26.7. The van der Waals surface area contributed by atoms with E-state index in [1.54, 1.807) is 32.0 Å². The second kappa shape index (κ2) is 11.1. The molecule has 1 unspecified atom stereocenters. The van der Waals surface area contributed by atoms with E-state index in [4.69, 9.17) is 18.5 Å². The van der Waals surface area contributed by atoms with Crippen LogP contribution in [0.1, 0.15) is 33.9 Å². The molecule has 2 aromatic rings. The number of para-hydroxylation sites is 1. The predicted octanol–water partition coefficient (Wildman–Crippen LogP) is 1.66. The van der Waals surface area contributed by atoms with Crippen LogP contribution in [-0.2, 0) is 23.4 Å². The van der Waals surface area contributed by atoms with Crippen molar-refractivity contribution in [1.82, 2.24) is 14.6 Å². The van der Waals surface area contributed by atoms with Gasteiger partial charge in [-0.3, -0.25) is 14.1 Å². The van der Waals surface area contributed by atoms with Gasteiger partial charge in [-0.2, -0.15) is 5.09 Å². The van der Waals surface area contributed by atoms with E-state index in [-0.39, 0.29) is 5.75 Å². The van der Waals surface area contributed by atoms with Gasteiger partial charge in [0.2, 0.25) is 0 Å². The highest BCUT2D eigenvalue weighted by molar-refractivity contribution is 7.52. The Balaban J connectivity index is 1.81. The lowest BCUT2D eigenvalue weighted by Crippen LogP contribution is -2.46. The van der Waals surface area contributed by atoms with Crippen molar-refractivity contribution in [3.05, 3.63) is 63.4 Å². The number of aliphatic hydroxyl groups excluding tert-OH is 1. The van der Waals surface area contributed by atoms with Gasteiger partial charge < -0.3 is 24.1 Å². The molecule has 0 bridgehead atoms. The Morgan fingerprint density at radius 3 is 2.56 bits per heavy atom. The molecule has 14 heteroatoms. The highest BCUT2D eigenvalue weighted by atomic mass is 31.2. The van der Waals surface area contributed by atoms with Crippen molar-refractivity contribution in [2.75, 3.05) is 6.61 Å². The van der Waals surface area contributed by atoms with Crippen LogP contribution in [0.25, 0.3) is 0 Å². The molecule has 0 amide bonds. The van der Waals surface area contributed by atoms with Gasteiger partial charge >= 0.3 is 19.4 Å². The van der Waals surface area contributed by atoms with E-state index >= 15 is 4.39 Å². The summed E-state index contributed by atoms with van der Waals surface area (Å²) in [5.74, 6) is -0.581. The molecule has 2 heterocycles. The fourth-order valence-corrected chi connectivity index (χ4v) is 4.99. The zero-order valence-corrected chi connectivity index (χ0v) is 21.0. The third-order valence-corrected chi connectivity index (χ3v) is 6.92. The van der Waals surface area contributed by atoms with E-state index in [2.05, 4.69) is 10.1 Å². The Kier molecular flexibility index (Phi) is 8.52. The van der Waals surface area contributed by atoms with Crippen molar-refractivity contribution in [1.29, 1.82) is 0 Å². The van der Waals surface area contributed by atoms with Crippen LogP contribution in [0.3, 0.4) is 0 Å². The molecule has 198 valence electrons. The van der Waals surface area contributed by atoms with Crippen LogP contribution < -0.4 is 20.9 Å². The molecule has 1 aromatic heterocycles. The number of aliphatic hydroxyl groups is 1. The number of rotatable bonds is 10. The first kappa shape index (κ1) is 27.8. The van der Waals surface area contributed by atoms with Gasteiger partial charge in [0.15, 0.2) is 11.9 Å². The summed E-state index contributed by atoms with van der Waals surface area (Å²) in [6, 6.07) is 7.81. The highest BCUT2D eigenvalue weighted by Gasteiger charge is 2.56. The Hall–Kier alpha value is -2.83. The first-order chi connectivity index (χ1) is 16.8. The molecule has 1 aliphatic rings. The number of nitrogens with zero attached hydrogens (tertiary/aromatic N) is 1. The molecule has 1 fully saturated rings. The zero-order valence-electron chi connectivity index (χ0n) is 20.1. The molecule has 0 saturated carbocycles. The molecule has 3 N–H and O–H groups in total. The number of alkyl halides is 1. The molecule has 6 atom stereocenters. The summed E-state index contributed by atoms with van der Waals surface area (Å²) in [5, 5.41) is 13.0. The Bertz CT molecular complexity index is 1190. The maximum Gasteiger partial charge on any atom is 0.459 e. The third-order valence-electron chi connectivity index (χ3n) is 5.28. The van der Waals surface area contributed by atoms with E-state index in [1.807, 2.05) is 0 Å². The minimum absolute atomic E-state index is 0.140. The Morgan fingerprint density at radius 2 is 1.94 bits per heavy atom. The molecular weight excluding hydrogens is 500 g/mol. The maximum absolute atomic E-state index is 15.4. The number of aromatic amines is 1. The van der Waals surface area contributed by atoms with Crippen molar-refractivity contribution in [2.24, 2.45) is 0 Å². The summed E-state index contributed by atoms with van der Waals surface area (Å²) in [4.78, 5) is 38.8. The van der Waals surface area contributed by atoms with Crippen molar-refractivity contribution in [2.45, 2.75) is 63.9 Å². The monoisotopic (exact) mass is 529 g/mol. The number of carbonyl (C=O) groups excluding carboxylic acids is 1. The number of hydrogen-bond acceptors (Lipinski definition) is 9. The van der Waals surface area contributed by atoms with E-state index in [0.717, 1.165) is 19.2 Å². The van der Waals surface area contributed by atoms with Crippen LogP contribution in [-0.4, -0.2) is 57.3 Å². The molecule has 0 aliphatic carbocycles. The molecule has 1 aromatic carbocycles. The van der Waals surface area contributed by atoms with Crippen LogP contribution in [0, 0.1) is 0 Å². The molecule has 1 aliphatic heterocycles. The fourth-order valence-electron chi connectivity index (χ4n) is 3.49.